The Labute approximate surface area is 133 Å². The van der Waals surface area contributed by atoms with Gasteiger partial charge in [0.2, 0.25) is 11.9 Å². The van der Waals surface area contributed by atoms with Crippen molar-refractivity contribution in [3.05, 3.63) is 29.5 Å². The molecule has 1 aliphatic carbocycles. The highest BCUT2D eigenvalue weighted by Gasteiger charge is 2.33. The Morgan fingerprint density at radius 3 is 3.00 bits per heavy atom. The van der Waals surface area contributed by atoms with E-state index in [1.165, 1.54) is 0 Å². The first-order chi connectivity index (χ1) is 11.1. The fraction of sp³-hybridized carbons (Fsp3) is 0.353. The van der Waals surface area contributed by atoms with Gasteiger partial charge in [0.15, 0.2) is 0 Å². The quantitative estimate of drug-likeness (QED) is 0.879. The van der Waals surface area contributed by atoms with E-state index in [9.17, 15) is 4.79 Å². The third-order valence-electron chi connectivity index (χ3n) is 4.37. The number of aliphatic imine (C=N–C) groups is 2. The summed E-state index contributed by atoms with van der Waals surface area (Å²) >= 11 is 0. The maximum Gasteiger partial charge on any atom is 0.253 e. The zero-order valence-corrected chi connectivity index (χ0v) is 13.1. The first-order valence-corrected chi connectivity index (χ1v) is 7.82. The van der Waals surface area contributed by atoms with Crippen LogP contribution in [-0.2, 0) is 4.79 Å². The molecule has 116 valence electrons. The smallest absolute Gasteiger partial charge is 0.253 e. The summed E-state index contributed by atoms with van der Waals surface area (Å²) in [7, 11) is 0. The molecule has 2 heterocycles. The van der Waals surface area contributed by atoms with Crippen molar-refractivity contribution in [1.82, 2.24) is 15.3 Å². The number of hydrogen-bond donors (Lipinski definition) is 1. The first kappa shape index (κ1) is 14.0. The lowest BCUT2D eigenvalue weighted by molar-refractivity contribution is -0.121. The van der Waals surface area contributed by atoms with Gasteiger partial charge in [-0.15, -0.1) is 0 Å². The topological polar surface area (TPSA) is 79.6 Å². The molecule has 0 bridgehead atoms. The first-order valence-electron chi connectivity index (χ1n) is 7.82. The van der Waals surface area contributed by atoms with Gasteiger partial charge < -0.3 is 0 Å². The summed E-state index contributed by atoms with van der Waals surface area (Å²) in [6, 6.07) is 6.06. The molecule has 1 N–H and O–H groups in total. The fourth-order valence-electron chi connectivity index (χ4n) is 3.19. The van der Waals surface area contributed by atoms with Crippen LogP contribution in [0.5, 0.6) is 0 Å². The second kappa shape index (κ2) is 5.22. The molecule has 6 nitrogen and oxygen atoms in total. The van der Waals surface area contributed by atoms with Gasteiger partial charge in [-0.1, -0.05) is 12.1 Å². The molecule has 23 heavy (non-hydrogen) atoms. The average Bonchev–Trinajstić information content (AvgIpc) is 2.95. The van der Waals surface area contributed by atoms with E-state index >= 15 is 0 Å². The summed E-state index contributed by atoms with van der Waals surface area (Å²) < 4.78 is 0. The SMILES string of the molecule is Cc1ccc2c(C)nc(N=C3N=C4CCCC4C(=O)N3)nc2c1. The molecule has 4 rings (SSSR count). The molecule has 1 amide bonds. The number of carbonyl (C=O) groups excluding carboxylic acids is 1. The van der Waals surface area contributed by atoms with Crippen molar-refractivity contribution in [2.45, 2.75) is 33.1 Å². The maximum atomic E-state index is 12.1. The van der Waals surface area contributed by atoms with E-state index in [1.54, 1.807) is 0 Å². The molecule has 0 spiro atoms. The highest BCUT2D eigenvalue weighted by Crippen LogP contribution is 2.26. The monoisotopic (exact) mass is 307 g/mol. The number of nitrogens with one attached hydrogen (secondary N) is 1. The second-order valence-electron chi connectivity index (χ2n) is 6.10. The van der Waals surface area contributed by atoms with E-state index in [0.29, 0.717) is 11.9 Å². The van der Waals surface area contributed by atoms with Crippen molar-refractivity contribution in [2.75, 3.05) is 0 Å². The van der Waals surface area contributed by atoms with Gasteiger partial charge in [0.25, 0.3) is 5.95 Å². The highest BCUT2D eigenvalue weighted by molar-refractivity contribution is 6.18. The van der Waals surface area contributed by atoms with E-state index in [1.807, 2.05) is 32.0 Å². The fourth-order valence-corrected chi connectivity index (χ4v) is 3.19. The molecular formula is C17H17N5O. The molecule has 1 unspecified atom stereocenters. The van der Waals surface area contributed by atoms with Crippen molar-refractivity contribution in [3.8, 4) is 0 Å². The maximum absolute atomic E-state index is 12.1. The van der Waals surface area contributed by atoms with Gasteiger partial charge >= 0.3 is 0 Å². The Kier molecular flexibility index (Phi) is 3.18. The Morgan fingerprint density at radius 2 is 2.13 bits per heavy atom. The number of hydrogen-bond acceptors (Lipinski definition) is 4. The number of rotatable bonds is 1. The van der Waals surface area contributed by atoms with Crippen LogP contribution in [0.1, 0.15) is 30.5 Å². The predicted molar refractivity (Wildman–Crippen MR) is 89.0 cm³/mol. The Morgan fingerprint density at radius 1 is 1.26 bits per heavy atom. The summed E-state index contributed by atoms with van der Waals surface area (Å²) in [6.07, 6.45) is 2.76. The van der Waals surface area contributed by atoms with Gasteiger partial charge in [0.1, 0.15) is 0 Å². The predicted octanol–water partition coefficient (Wildman–Crippen LogP) is 2.61. The third kappa shape index (κ3) is 2.50. The number of guanidine groups is 1. The van der Waals surface area contributed by atoms with Crippen LogP contribution in [0.2, 0.25) is 0 Å². The molecule has 1 atom stereocenters. The van der Waals surface area contributed by atoms with Crippen LogP contribution in [-0.4, -0.2) is 27.5 Å². The van der Waals surface area contributed by atoms with Crippen LogP contribution in [0.25, 0.3) is 10.9 Å². The van der Waals surface area contributed by atoms with E-state index in [2.05, 4.69) is 25.3 Å². The molecule has 1 aromatic carbocycles. The van der Waals surface area contributed by atoms with Crippen LogP contribution in [0.4, 0.5) is 5.95 Å². The largest absolute Gasteiger partial charge is 0.294 e. The molecule has 2 aromatic rings. The lowest BCUT2D eigenvalue weighted by Crippen LogP contribution is -2.41. The van der Waals surface area contributed by atoms with Gasteiger partial charge in [0.05, 0.1) is 17.1 Å². The zero-order valence-electron chi connectivity index (χ0n) is 13.1. The van der Waals surface area contributed by atoms with Crippen molar-refractivity contribution in [1.29, 1.82) is 0 Å². The Hall–Kier alpha value is -2.63. The summed E-state index contributed by atoms with van der Waals surface area (Å²) in [6.45, 7) is 3.96. The minimum absolute atomic E-state index is 0.0143. The number of aromatic nitrogens is 2. The summed E-state index contributed by atoms with van der Waals surface area (Å²) in [5.41, 5.74) is 3.78. The molecule has 0 radical (unpaired) electrons. The van der Waals surface area contributed by atoms with E-state index in [0.717, 1.165) is 47.1 Å². The van der Waals surface area contributed by atoms with Gasteiger partial charge in [0, 0.05) is 11.1 Å². The molecule has 1 saturated carbocycles. The number of benzene rings is 1. The number of carbonyl (C=O) groups is 1. The van der Waals surface area contributed by atoms with Gasteiger partial charge in [-0.2, -0.15) is 4.99 Å². The lowest BCUT2D eigenvalue weighted by Gasteiger charge is -2.17. The van der Waals surface area contributed by atoms with Crippen molar-refractivity contribution in [3.63, 3.8) is 0 Å². The van der Waals surface area contributed by atoms with Crippen molar-refractivity contribution >= 4 is 34.4 Å². The summed E-state index contributed by atoms with van der Waals surface area (Å²) in [5, 5.41) is 3.77. The van der Waals surface area contributed by atoms with Crippen LogP contribution in [0.15, 0.2) is 28.2 Å². The third-order valence-corrected chi connectivity index (χ3v) is 4.37. The van der Waals surface area contributed by atoms with Gasteiger partial charge in [-0.25, -0.2) is 15.0 Å². The highest BCUT2D eigenvalue weighted by atomic mass is 16.2. The number of amides is 1. The lowest BCUT2D eigenvalue weighted by atomic mass is 10.0. The van der Waals surface area contributed by atoms with Crippen LogP contribution in [0, 0.1) is 19.8 Å². The minimum Gasteiger partial charge on any atom is -0.294 e. The number of aryl methyl sites for hydroxylation is 2. The van der Waals surface area contributed by atoms with E-state index in [-0.39, 0.29) is 11.8 Å². The molecular weight excluding hydrogens is 290 g/mol. The van der Waals surface area contributed by atoms with E-state index in [4.69, 9.17) is 0 Å². The molecule has 0 saturated heterocycles. The van der Waals surface area contributed by atoms with Gasteiger partial charge in [-0.3, -0.25) is 10.1 Å². The number of nitrogens with zero attached hydrogens (tertiary/aromatic N) is 4. The number of fused-ring (bicyclic) bond motifs is 2. The summed E-state index contributed by atoms with van der Waals surface area (Å²) in [4.78, 5) is 29.8. The molecule has 1 aliphatic heterocycles. The normalized spacial score (nSPS) is 22.2. The van der Waals surface area contributed by atoms with Gasteiger partial charge in [-0.05, 0) is 44.7 Å². The van der Waals surface area contributed by atoms with Crippen molar-refractivity contribution < 1.29 is 4.79 Å². The van der Waals surface area contributed by atoms with E-state index < -0.39 is 0 Å². The average molecular weight is 307 g/mol. The molecule has 1 fully saturated rings. The van der Waals surface area contributed by atoms with Crippen molar-refractivity contribution in [2.24, 2.45) is 15.9 Å². The Bertz CT molecular complexity index is 884. The molecule has 6 heteroatoms. The minimum atomic E-state index is -0.0733. The summed E-state index contributed by atoms with van der Waals surface area (Å²) in [5.74, 6) is 0.543. The molecule has 2 aliphatic rings. The second-order valence-corrected chi connectivity index (χ2v) is 6.10. The Balaban J connectivity index is 1.77. The van der Waals surface area contributed by atoms with Crippen LogP contribution < -0.4 is 5.32 Å². The molecule has 1 aromatic heterocycles. The zero-order chi connectivity index (χ0) is 16.0. The standard InChI is InChI=1S/C17H17N5O/c1-9-6-7-11-10(2)18-16(20-14(11)8-9)22-17-19-13-5-3-4-12(13)15(23)21-17/h6-8,12H,3-5H2,1-2H3,(H,18,20,21,22,23). The van der Waals surface area contributed by atoms with Crippen LogP contribution >= 0.6 is 0 Å². The van der Waals surface area contributed by atoms with Crippen LogP contribution in [0.3, 0.4) is 0 Å².